The van der Waals surface area contributed by atoms with Crippen molar-refractivity contribution in [1.29, 1.82) is 0 Å². The number of allylic oxidation sites excluding steroid dienone is 1. The number of ether oxygens (including phenoxy) is 2. The molecular weight excluding hydrogens is 316 g/mol. The van der Waals surface area contributed by atoms with Crippen molar-refractivity contribution in [3.05, 3.63) is 71.9 Å². The van der Waals surface area contributed by atoms with Crippen molar-refractivity contribution in [3.63, 3.8) is 0 Å². The molecule has 0 radical (unpaired) electrons. The van der Waals surface area contributed by atoms with Gasteiger partial charge in [0.15, 0.2) is 17.3 Å². The number of aromatic amines is 1. The van der Waals surface area contributed by atoms with Crippen LogP contribution >= 0.6 is 0 Å². The molecule has 0 bridgehead atoms. The molecule has 0 fully saturated rings. The number of methoxy groups -OCH3 is 2. The molecule has 1 N–H and O–H groups in total. The van der Waals surface area contributed by atoms with Crippen LogP contribution in [0.1, 0.15) is 16.1 Å². The number of rotatable bonds is 6. The van der Waals surface area contributed by atoms with Gasteiger partial charge in [0.05, 0.1) is 25.6 Å². The van der Waals surface area contributed by atoms with Crippen molar-refractivity contribution < 1.29 is 14.3 Å². The van der Waals surface area contributed by atoms with Crippen molar-refractivity contribution in [2.24, 2.45) is 0 Å². The fraction of sp³-hybridized carbons (Fsp3) is 0.100. The number of carbonyl (C=O) groups excluding carboxylic acids is 1. The van der Waals surface area contributed by atoms with Gasteiger partial charge >= 0.3 is 0 Å². The van der Waals surface area contributed by atoms with Crippen molar-refractivity contribution >= 4 is 11.9 Å². The average molecular weight is 334 g/mol. The summed E-state index contributed by atoms with van der Waals surface area (Å²) < 4.78 is 10.4. The Bertz CT molecular complexity index is 898. The Morgan fingerprint density at radius 2 is 1.76 bits per heavy atom. The number of benzene rings is 2. The smallest absolute Gasteiger partial charge is 0.186 e. The van der Waals surface area contributed by atoms with Gasteiger partial charge in [0.2, 0.25) is 0 Å². The lowest BCUT2D eigenvalue weighted by atomic mass is 10.1. The minimum Gasteiger partial charge on any atom is -0.493 e. The lowest BCUT2D eigenvalue weighted by molar-refractivity contribution is 0.104. The maximum absolute atomic E-state index is 12.3. The summed E-state index contributed by atoms with van der Waals surface area (Å²) in [6, 6.07) is 16.8. The zero-order valence-electron chi connectivity index (χ0n) is 14.0. The lowest BCUT2D eigenvalue weighted by Crippen LogP contribution is -1.97. The Hall–Kier alpha value is -3.34. The van der Waals surface area contributed by atoms with Gasteiger partial charge in [-0.15, -0.1) is 0 Å². The fourth-order valence-electron chi connectivity index (χ4n) is 2.43. The normalized spacial score (nSPS) is 10.8. The zero-order valence-corrected chi connectivity index (χ0v) is 14.0. The number of hydrogen-bond acceptors (Lipinski definition) is 4. The average Bonchev–Trinajstić information content (AvgIpc) is 3.15. The van der Waals surface area contributed by atoms with Crippen LogP contribution in [0.25, 0.3) is 17.3 Å². The first-order valence-electron chi connectivity index (χ1n) is 7.76. The van der Waals surface area contributed by atoms with E-state index in [-0.39, 0.29) is 5.78 Å². The molecule has 126 valence electrons. The maximum Gasteiger partial charge on any atom is 0.186 e. The van der Waals surface area contributed by atoms with E-state index in [2.05, 4.69) is 10.2 Å². The number of ketones is 1. The monoisotopic (exact) mass is 334 g/mol. The first kappa shape index (κ1) is 16.5. The van der Waals surface area contributed by atoms with Gasteiger partial charge in [-0.3, -0.25) is 9.89 Å². The summed E-state index contributed by atoms with van der Waals surface area (Å²) in [5.74, 6) is 0.982. The molecule has 1 aromatic heterocycles. The summed E-state index contributed by atoms with van der Waals surface area (Å²) >= 11 is 0. The van der Waals surface area contributed by atoms with Gasteiger partial charge in [-0.25, -0.2) is 0 Å². The van der Waals surface area contributed by atoms with Crippen LogP contribution in [0.15, 0.2) is 60.7 Å². The van der Waals surface area contributed by atoms with E-state index >= 15 is 0 Å². The third kappa shape index (κ3) is 3.77. The van der Waals surface area contributed by atoms with E-state index in [0.717, 1.165) is 17.0 Å². The van der Waals surface area contributed by atoms with E-state index in [1.165, 1.54) is 13.2 Å². The minimum atomic E-state index is -0.128. The Morgan fingerprint density at radius 1 is 1.00 bits per heavy atom. The first-order chi connectivity index (χ1) is 12.2. The van der Waals surface area contributed by atoms with Gasteiger partial charge in [0.25, 0.3) is 0 Å². The fourth-order valence-corrected chi connectivity index (χ4v) is 2.43. The molecule has 0 saturated carbocycles. The molecule has 0 aliphatic rings. The Kier molecular flexibility index (Phi) is 4.95. The van der Waals surface area contributed by atoms with Crippen LogP contribution in [-0.4, -0.2) is 30.2 Å². The van der Waals surface area contributed by atoms with E-state index < -0.39 is 0 Å². The Labute approximate surface area is 145 Å². The van der Waals surface area contributed by atoms with Crippen molar-refractivity contribution in [2.45, 2.75) is 0 Å². The van der Waals surface area contributed by atoms with Crippen LogP contribution < -0.4 is 9.47 Å². The quantitative estimate of drug-likeness (QED) is 0.547. The second-order valence-corrected chi connectivity index (χ2v) is 5.34. The molecular formula is C20H18N2O3. The van der Waals surface area contributed by atoms with Gasteiger partial charge in [0, 0.05) is 11.1 Å². The van der Waals surface area contributed by atoms with Crippen molar-refractivity contribution in [2.75, 3.05) is 14.2 Å². The van der Waals surface area contributed by atoms with Gasteiger partial charge in [0.1, 0.15) is 0 Å². The van der Waals surface area contributed by atoms with Crippen LogP contribution in [0.4, 0.5) is 0 Å². The summed E-state index contributed by atoms with van der Waals surface area (Å²) in [5, 5.41) is 7.18. The number of nitrogens with zero attached hydrogens (tertiary/aromatic N) is 1. The molecule has 0 aliphatic heterocycles. The molecule has 0 atom stereocenters. The van der Waals surface area contributed by atoms with E-state index in [1.807, 2.05) is 36.4 Å². The van der Waals surface area contributed by atoms with Crippen molar-refractivity contribution in [3.8, 4) is 22.8 Å². The summed E-state index contributed by atoms with van der Waals surface area (Å²) in [6.07, 6.45) is 3.21. The molecule has 0 saturated heterocycles. The number of H-pyrrole nitrogens is 1. The third-order valence-electron chi connectivity index (χ3n) is 3.75. The molecule has 2 aromatic carbocycles. The summed E-state index contributed by atoms with van der Waals surface area (Å²) in [4.78, 5) is 12.3. The van der Waals surface area contributed by atoms with Crippen molar-refractivity contribution in [1.82, 2.24) is 10.2 Å². The molecule has 3 rings (SSSR count). The van der Waals surface area contributed by atoms with Gasteiger partial charge in [-0.05, 0) is 36.4 Å². The second kappa shape index (κ2) is 7.49. The highest BCUT2D eigenvalue weighted by atomic mass is 16.5. The highest BCUT2D eigenvalue weighted by Gasteiger charge is 2.09. The van der Waals surface area contributed by atoms with Crippen LogP contribution in [-0.2, 0) is 0 Å². The molecule has 0 unspecified atom stereocenters. The zero-order chi connectivity index (χ0) is 17.6. The Morgan fingerprint density at radius 3 is 2.48 bits per heavy atom. The van der Waals surface area contributed by atoms with Crippen LogP contribution in [0.3, 0.4) is 0 Å². The Balaban J connectivity index is 1.76. The molecule has 0 amide bonds. The van der Waals surface area contributed by atoms with Gasteiger partial charge in [-0.2, -0.15) is 5.10 Å². The summed E-state index contributed by atoms with van der Waals surface area (Å²) in [7, 11) is 3.10. The molecule has 5 heteroatoms. The SMILES string of the molecule is COc1ccc(C(=O)C=Cc2cc(-c3ccccc3)n[nH]2)cc1OC. The topological polar surface area (TPSA) is 64.2 Å². The van der Waals surface area contributed by atoms with Gasteiger partial charge in [-0.1, -0.05) is 30.3 Å². The number of carbonyl (C=O) groups is 1. The van der Waals surface area contributed by atoms with Gasteiger partial charge < -0.3 is 9.47 Å². The standard InChI is InChI=1S/C20H18N2O3/c1-24-19-11-8-15(12-20(19)25-2)18(23)10-9-16-13-17(22-21-16)14-6-4-3-5-7-14/h3-13H,1-2H3,(H,21,22). The summed E-state index contributed by atoms with van der Waals surface area (Å²) in [6.45, 7) is 0. The third-order valence-corrected chi connectivity index (χ3v) is 3.75. The van der Waals surface area contributed by atoms with E-state index in [4.69, 9.17) is 9.47 Å². The van der Waals surface area contributed by atoms with Crippen LogP contribution in [0, 0.1) is 0 Å². The van der Waals surface area contributed by atoms with E-state index in [9.17, 15) is 4.79 Å². The number of nitrogens with one attached hydrogen (secondary N) is 1. The number of aromatic nitrogens is 2. The molecule has 3 aromatic rings. The molecule has 0 aliphatic carbocycles. The molecule has 0 spiro atoms. The van der Waals surface area contributed by atoms with Crippen LogP contribution in [0.5, 0.6) is 11.5 Å². The molecule has 25 heavy (non-hydrogen) atoms. The molecule has 1 heterocycles. The molecule has 5 nitrogen and oxygen atoms in total. The predicted octanol–water partition coefficient (Wildman–Crippen LogP) is 3.99. The highest BCUT2D eigenvalue weighted by molar-refractivity contribution is 6.07. The summed E-state index contributed by atoms with van der Waals surface area (Å²) in [5.41, 5.74) is 3.13. The second-order valence-electron chi connectivity index (χ2n) is 5.34. The van der Waals surface area contributed by atoms with E-state index in [0.29, 0.717) is 17.1 Å². The highest BCUT2D eigenvalue weighted by Crippen LogP contribution is 2.28. The largest absolute Gasteiger partial charge is 0.493 e. The maximum atomic E-state index is 12.3. The van der Waals surface area contributed by atoms with E-state index in [1.54, 1.807) is 31.4 Å². The lowest BCUT2D eigenvalue weighted by Gasteiger charge is -2.07. The first-order valence-corrected chi connectivity index (χ1v) is 7.76. The van der Waals surface area contributed by atoms with Crippen LogP contribution in [0.2, 0.25) is 0 Å². The minimum absolute atomic E-state index is 0.128. The predicted molar refractivity (Wildman–Crippen MR) is 96.9 cm³/mol. The number of hydrogen-bond donors (Lipinski definition) is 1.